The van der Waals surface area contributed by atoms with E-state index in [9.17, 15) is 4.79 Å². The molecule has 33 heavy (non-hydrogen) atoms. The predicted molar refractivity (Wildman–Crippen MR) is 136 cm³/mol. The first-order chi connectivity index (χ1) is 15.8. The minimum Gasteiger partial charge on any atom is -1.00 e. The first kappa shape index (κ1) is 24.9. The fourth-order valence-corrected chi connectivity index (χ4v) is 8.57. The van der Waals surface area contributed by atoms with Crippen LogP contribution in [0.3, 0.4) is 0 Å². The topological polar surface area (TPSA) is 26.3 Å². The zero-order valence-corrected chi connectivity index (χ0v) is 21.0. The van der Waals surface area contributed by atoms with Gasteiger partial charge < -0.3 is 21.7 Å². The Bertz CT molecular complexity index is 1010. The Balaban J connectivity index is 0.00000306. The van der Waals surface area contributed by atoms with E-state index in [4.69, 9.17) is 4.74 Å². The summed E-state index contributed by atoms with van der Waals surface area (Å²) in [5, 5.41) is 4.16. The molecule has 0 saturated carbocycles. The molecular formula is C29H28BrO2P. The molecule has 4 rings (SSSR count). The third-order valence-electron chi connectivity index (χ3n) is 5.72. The van der Waals surface area contributed by atoms with Crippen molar-refractivity contribution in [2.24, 2.45) is 0 Å². The van der Waals surface area contributed by atoms with E-state index in [-0.39, 0.29) is 23.0 Å². The predicted octanol–water partition coefficient (Wildman–Crippen LogP) is 2.62. The molecule has 0 heterocycles. The molecule has 4 heteroatoms. The lowest BCUT2D eigenvalue weighted by molar-refractivity contribution is -0.0000245. The lowest BCUT2D eigenvalue weighted by Gasteiger charge is -2.27. The molecule has 0 aliphatic rings. The van der Waals surface area contributed by atoms with Gasteiger partial charge in [-0.3, -0.25) is 0 Å². The second kappa shape index (κ2) is 12.5. The standard InChI is InChI=1S/C29H28O2P.BrH/c30-29(25-15-5-1-6-16-25)31-23-13-14-24-32(26-17-7-2-8-18-26,27-19-9-3-10-20-27)28-21-11-4-12-22-28;/h1-12,15-22H,13-14,23-24H2;1H/q+1;/p-1. The monoisotopic (exact) mass is 518 g/mol. The Labute approximate surface area is 207 Å². The van der Waals surface area contributed by atoms with Crippen molar-refractivity contribution in [2.45, 2.75) is 12.8 Å². The molecule has 0 aliphatic carbocycles. The van der Waals surface area contributed by atoms with Crippen molar-refractivity contribution in [3.63, 3.8) is 0 Å². The SMILES string of the molecule is O=C(OCCCC[P+](c1ccccc1)(c1ccccc1)c1ccccc1)c1ccccc1.[Br-]. The van der Waals surface area contributed by atoms with Gasteiger partial charge in [0.2, 0.25) is 0 Å². The number of unbranched alkanes of at least 4 members (excludes halogenated alkanes) is 1. The Kier molecular flexibility index (Phi) is 9.42. The summed E-state index contributed by atoms with van der Waals surface area (Å²) in [6.07, 6.45) is 2.86. The van der Waals surface area contributed by atoms with Gasteiger partial charge >= 0.3 is 5.97 Å². The second-order valence-corrected chi connectivity index (χ2v) is 11.4. The zero-order chi connectivity index (χ0) is 22.1. The smallest absolute Gasteiger partial charge is 0.338 e. The number of halogens is 1. The summed E-state index contributed by atoms with van der Waals surface area (Å²) >= 11 is 0. The fraction of sp³-hybridized carbons (Fsp3) is 0.138. The van der Waals surface area contributed by atoms with Crippen LogP contribution in [0.5, 0.6) is 0 Å². The number of hydrogen-bond acceptors (Lipinski definition) is 2. The van der Waals surface area contributed by atoms with Crippen LogP contribution in [-0.4, -0.2) is 18.7 Å². The van der Waals surface area contributed by atoms with Crippen molar-refractivity contribution in [3.05, 3.63) is 127 Å². The largest absolute Gasteiger partial charge is 1.00 e. The minimum absolute atomic E-state index is 0. The van der Waals surface area contributed by atoms with Crippen LogP contribution >= 0.6 is 7.26 Å². The van der Waals surface area contributed by atoms with Crippen LogP contribution in [0.2, 0.25) is 0 Å². The summed E-state index contributed by atoms with van der Waals surface area (Å²) in [4.78, 5) is 12.3. The van der Waals surface area contributed by atoms with Crippen molar-refractivity contribution in [1.82, 2.24) is 0 Å². The van der Waals surface area contributed by atoms with E-state index in [2.05, 4.69) is 91.0 Å². The van der Waals surface area contributed by atoms with E-state index >= 15 is 0 Å². The van der Waals surface area contributed by atoms with Crippen LogP contribution in [0.25, 0.3) is 0 Å². The highest BCUT2D eigenvalue weighted by atomic mass is 79.9. The van der Waals surface area contributed by atoms with Gasteiger partial charge in [0.05, 0.1) is 18.3 Å². The minimum atomic E-state index is -1.82. The van der Waals surface area contributed by atoms with Crippen molar-refractivity contribution in [1.29, 1.82) is 0 Å². The molecule has 0 unspecified atom stereocenters. The van der Waals surface area contributed by atoms with Crippen molar-refractivity contribution >= 4 is 29.1 Å². The molecule has 0 fully saturated rings. The van der Waals surface area contributed by atoms with Crippen LogP contribution in [-0.2, 0) is 4.74 Å². The summed E-state index contributed by atoms with van der Waals surface area (Å²) in [5.41, 5.74) is 0.604. The van der Waals surface area contributed by atoms with Gasteiger partial charge in [-0.05, 0) is 61.4 Å². The van der Waals surface area contributed by atoms with Gasteiger partial charge in [-0.1, -0.05) is 72.8 Å². The number of carbonyl (C=O) groups is 1. The molecule has 0 spiro atoms. The molecule has 2 nitrogen and oxygen atoms in total. The molecule has 0 saturated heterocycles. The lowest BCUT2D eigenvalue weighted by atomic mass is 10.2. The average molecular weight is 519 g/mol. The molecule has 0 amide bonds. The summed E-state index contributed by atoms with van der Waals surface area (Å²) in [5.74, 6) is -0.249. The van der Waals surface area contributed by atoms with Crippen molar-refractivity contribution in [3.8, 4) is 0 Å². The van der Waals surface area contributed by atoms with Crippen molar-refractivity contribution < 1.29 is 26.5 Å². The molecule has 0 radical (unpaired) electrons. The van der Waals surface area contributed by atoms with Gasteiger partial charge in [-0.2, -0.15) is 0 Å². The molecule has 0 atom stereocenters. The number of carbonyl (C=O) groups excluding carboxylic acids is 1. The number of rotatable bonds is 9. The van der Waals surface area contributed by atoms with E-state index in [1.807, 2.05) is 18.2 Å². The highest BCUT2D eigenvalue weighted by molar-refractivity contribution is 7.95. The first-order valence-electron chi connectivity index (χ1n) is 11.1. The van der Waals surface area contributed by atoms with Gasteiger partial charge in [0.25, 0.3) is 0 Å². The van der Waals surface area contributed by atoms with Crippen LogP contribution in [0.4, 0.5) is 0 Å². The lowest BCUT2D eigenvalue weighted by Crippen LogP contribution is -3.00. The van der Waals surface area contributed by atoms with Gasteiger partial charge in [0.1, 0.15) is 23.2 Å². The third kappa shape index (κ3) is 5.99. The summed E-state index contributed by atoms with van der Waals surface area (Å²) < 4.78 is 5.53. The van der Waals surface area contributed by atoms with E-state index in [1.54, 1.807) is 12.1 Å². The molecule has 0 N–H and O–H groups in total. The molecule has 168 valence electrons. The van der Waals surface area contributed by atoms with E-state index < -0.39 is 7.26 Å². The maximum Gasteiger partial charge on any atom is 0.338 e. The van der Waals surface area contributed by atoms with E-state index in [0.717, 1.165) is 19.0 Å². The Morgan fingerprint density at radius 2 is 0.970 bits per heavy atom. The molecular weight excluding hydrogens is 491 g/mol. The van der Waals surface area contributed by atoms with Crippen molar-refractivity contribution in [2.75, 3.05) is 12.8 Å². The number of benzene rings is 4. The highest BCUT2D eigenvalue weighted by Gasteiger charge is 2.44. The number of hydrogen-bond donors (Lipinski definition) is 0. The van der Waals surface area contributed by atoms with Gasteiger partial charge in [0, 0.05) is 0 Å². The summed E-state index contributed by atoms with van der Waals surface area (Å²) in [6, 6.07) is 41.9. The highest BCUT2D eigenvalue weighted by Crippen LogP contribution is 2.55. The molecule has 4 aromatic carbocycles. The number of esters is 1. The van der Waals surface area contributed by atoms with E-state index in [1.165, 1.54) is 15.9 Å². The number of ether oxygens (including phenoxy) is 1. The quantitative estimate of drug-likeness (QED) is 0.193. The molecule has 0 aliphatic heterocycles. The Morgan fingerprint density at radius 1 is 0.576 bits per heavy atom. The Morgan fingerprint density at radius 3 is 1.39 bits per heavy atom. The van der Waals surface area contributed by atoms with Crippen LogP contribution < -0.4 is 32.9 Å². The first-order valence-corrected chi connectivity index (χ1v) is 13.1. The molecule has 4 aromatic rings. The average Bonchev–Trinajstić information content (AvgIpc) is 2.88. The summed E-state index contributed by atoms with van der Waals surface area (Å²) in [7, 11) is -1.82. The fourth-order valence-electron chi connectivity index (χ4n) is 4.16. The van der Waals surface area contributed by atoms with Crippen LogP contribution in [0.1, 0.15) is 23.2 Å². The molecule has 0 aromatic heterocycles. The van der Waals surface area contributed by atoms with Crippen LogP contribution in [0.15, 0.2) is 121 Å². The molecule has 0 bridgehead atoms. The maximum atomic E-state index is 12.3. The maximum absolute atomic E-state index is 12.3. The normalized spacial score (nSPS) is 10.8. The third-order valence-corrected chi connectivity index (χ3v) is 10.2. The Hall–Kier alpha value is -2.74. The van der Waals surface area contributed by atoms with Gasteiger partial charge in [-0.25, -0.2) is 4.79 Å². The zero-order valence-electron chi connectivity index (χ0n) is 18.5. The van der Waals surface area contributed by atoms with Gasteiger partial charge in [-0.15, -0.1) is 0 Å². The second-order valence-electron chi connectivity index (χ2n) is 7.75. The van der Waals surface area contributed by atoms with E-state index in [0.29, 0.717) is 12.2 Å². The summed E-state index contributed by atoms with van der Waals surface area (Å²) in [6.45, 7) is 0.437. The van der Waals surface area contributed by atoms with Crippen LogP contribution in [0, 0.1) is 0 Å². The van der Waals surface area contributed by atoms with Gasteiger partial charge in [0.15, 0.2) is 0 Å².